The van der Waals surface area contributed by atoms with Crippen LogP contribution in [0, 0.1) is 0 Å². The van der Waals surface area contributed by atoms with Crippen molar-refractivity contribution in [3.8, 4) is 0 Å². The molecule has 2 atom stereocenters. The van der Waals surface area contributed by atoms with Crippen molar-refractivity contribution in [1.29, 1.82) is 0 Å². The van der Waals surface area contributed by atoms with Crippen LogP contribution in [-0.4, -0.2) is 26.9 Å². The lowest BCUT2D eigenvalue weighted by Crippen LogP contribution is -2.29. The highest BCUT2D eigenvalue weighted by molar-refractivity contribution is 7.91. The fourth-order valence-electron chi connectivity index (χ4n) is 2.28. The van der Waals surface area contributed by atoms with E-state index in [4.69, 9.17) is 16.3 Å². The lowest BCUT2D eigenvalue weighted by Gasteiger charge is -2.24. The Labute approximate surface area is 119 Å². The number of hydrogen-bond acceptors (Lipinski definition) is 3. The van der Waals surface area contributed by atoms with Gasteiger partial charge in [0.1, 0.15) is 0 Å². The minimum absolute atomic E-state index is 0.108. The summed E-state index contributed by atoms with van der Waals surface area (Å²) in [5.41, 5.74) is 0.778. The first kappa shape index (κ1) is 14.8. The molecular formula is C14H19ClO3S. The van der Waals surface area contributed by atoms with Crippen LogP contribution >= 0.6 is 11.6 Å². The van der Waals surface area contributed by atoms with E-state index >= 15 is 0 Å². The van der Waals surface area contributed by atoms with E-state index in [9.17, 15) is 8.42 Å². The Bertz CT molecular complexity index is 504. The van der Waals surface area contributed by atoms with Gasteiger partial charge in [-0.15, -0.1) is 0 Å². The molecule has 19 heavy (non-hydrogen) atoms. The maximum atomic E-state index is 12.4. The molecular weight excluding hydrogens is 284 g/mol. The van der Waals surface area contributed by atoms with Crippen LogP contribution in [-0.2, 0) is 14.6 Å². The van der Waals surface area contributed by atoms with Gasteiger partial charge < -0.3 is 4.74 Å². The van der Waals surface area contributed by atoms with Gasteiger partial charge in [0.2, 0.25) is 0 Å². The molecule has 1 fully saturated rings. The Morgan fingerprint density at radius 1 is 1.32 bits per heavy atom. The van der Waals surface area contributed by atoms with Gasteiger partial charge >= 0.3 is 0 Å². The van der Waals surface area contributed by atoms with Gasteiger partial charge in [-0.2, -0.15) is 0 Å². The fraction of sp³-hybridized carbons (Fsp3) is 0.571. The van der Waals surface area contributed by atoms with Crippen LogP contribution in [0.15, 0.2) is 24.3 Å². The van der Waals surface area contributed by atoms with Crippen LogP contribution in [0.3, 0.4) is 0 Å². The Morgan fingerprint density at radius 2 is 2.00 bits per heavy atom. The third-order valence-corrected chi connectivity index (χ3v) is 6.01. The van der Waals surface area contributed by atoms with E-state index in [0.717, 1.165) is 24.8 Å². The van der Waals surface area contributed by atoms with Crippen LogP contribution in [0.1, 0.15) is 37.0 Å². The summed E-state index contributed by atoms with van der Waals surface area (Å²) in [6.45, 7) is 2.40. The van der Waals surface area contributed by atoms with Crippen molar-refractivity contribution in [2.24, 2.45) is 0 Å². The van der Waals surface area contributed by atoms with Crippen LogP contribution < -0.4 is 0 Å². The minimum Gasteiger partial charge on any atom is -0.377 e. The summed E-state index contributed by atoms with van der Waals surface area (Å²) in [5, 5.41) is 0.0965. The Kier molecular flexibility index (Phi) is 4.87. The molecule has 1 aliphatic heterocycles. The highest BCUT2D eigenvalue weighted by atomic mass is 35.5. The molecule has 1 aromatic carbocycles. The van der Waals surface area contributed by atoms with E-state index in [1.165, 1.54) is 0 Å². The molecule has 0 aromatic heterocycles. The van der Waals surface area contributed by atoms with Crippen molar-refractivity contribution in [3.05, 3.63) is 34.9 Å². The van der Waals surface area contributed by atoms with Gasteiger partial charge in [0.15, 0.2) is 9.84 Å². The average molecular weight is 303 g/mol. The second kappa shape index (κ2) is 6.25. The van der Waals surface area contributed by atoms with E-state index < -0.39 is 15.1 Å². The standard InChI is InChI=1S/C14H19ClO3S/c1-11(12-5-7-13(15)8-6-12)19(16,17)10-14-4-2-3-9-18-14/h5-8,11,14H,2-4,9-10H2,1H3/t11-,14-/m0/s1. The van der Waals surface area contributed by atoms with E-state index in [2.05, 4.69) is 0 Å². The van der Waals surface area contributed by atoms with Crippen LogP contribution in [0.25, 0.3) is 0 Å². The van der Waals surface area contributed by atoms with Gasteiger partial charge in [0.25, 0.3) is 0 Å². The van der Waals surface area contributed by atoms with Crippen molar-refractivity contribution in [2.45, 2.75) is 37.5 Å². The zero-order valence-corrected chi connectivity index (χ0v) is 12.6. The quantitative estimate of drug-likeness (QED) is 0.856. The molecule has 0 unspecified atom stereocenters. The Morgan fingerprint density at radius 3 is 2.58 bits per heavy atom. The number of halogens is 1. The van der Waals surface area contributed by atoms with Crippen molar-refractivity contribution in [1.82, 2.24) is 0 Å². The molecule has 2 rings (SSSR count). The summed E-state index contributed by atoms with van der Waals surface area (Å²) in [5.74, 6) is 0.108. The average Bonchev–Trinajstić information content (AvgIpc) is 2.39. The van der Waals surface area contributed by atoms with Crippen LogP contribution in [0.2, 0.25) is 5.02 Å². The molecule has 0 radical (unpaired) electrons. The van der Waals surface area contributed by atoms with E-state index in [1.54, 1.807) is 31.2 Å². The van der Waals surface area contributed by atoms with E-state index in [1.807, 2.05) is 0 Å². The van der Waals surface area contributed by atoms with E-state index in [-0.39, 0.29) is 11.9 Å². The highest BCUT2D eigenvalue weighted by Crippen LogP contribution is 2.26. The zero-order valence-electron chi connectivity index (χ0n) is 11.0. The number of rotatable bonds is 4. The van der Waals surface area contributed by atoms with Crippen molar-refractivity contribution >= 4 is 21.4 Å². The zero-order chi connectivity index (χ0) is 13.9. The predicted octanol–water partition coefficient (Wildman–Crippen LogP) is 3.38. The molecule has 1 heterocycles. The van der Waals surface area contributed by atoms with Crippen molar-refractivity contribution in [2.75, 3.05) is 12.4 Å². The van der Waals surface area contributed by atoms with Gasteiger partial charge in [-0.1, -0.05) is 23.7 Å². The van der Waals surface area contributed by atoms with Crippen LogP contribution in [0.4, 0.5) is 0 Å². The SMILES string of the molecule is C[C@@H](c1ccc(Cl)cc1)S(=O)(=O)C[C@@H]1CCCCO1. The third-order valence-electron chi connectivity index (χ3n) is 3.57. The number of benzene rings is 1. The second-order valence-corrected chi connectivity index (χ2v) is 7.81. The summed E-state index contributed by atoms with van der Waals surface area (Å²) in [4.78, 5) is 0. The fourth-order valence-corrected chi connectivity index (χ4v) is 4.05. The maximum absolute atomic E-state index is 12.4. The van der Waals surface area contributed by atoms with Gasteiger partial charge in [0.05, 0.1) is 17.1 Å². The predicted molar refractivity (Wildman–Crippen MR) is 77.2 cm³/mol. The van der Waals surface area contributed by atoms with Gasteiger partial charge in [-0.25, -0.2) is 8.42 Å². The molecule has 1 aliphatic rings. The van der Waals surface area contributed by atoms with Gasteiger partial charge in [-0.3, -0.25) is 0 Å². The summed E-state index contributed by atoms with van der Waals surface area (Å²) in [7, 11) is -3.19. The first-order valence-electron chi connectivity index (χ1n) is 6.57. The Hall–Kier alpha value is -0.580. The molecule has 1 aromatic rings. The molecule has 106 valence electrons. The van der Waals surface area contributed by atoms with Crippen LogP contribution in [0.5, 0.6) is 0 Å². The molecule has 0 aliphatic carbocycles. The molecule has 0 N–H and O–H groups in total. The molecule has 0 amide bonds. The van der Waals surface area contributed by atoms with Gasteiger partial charge in [0, 0.05) is 11.6 Å². The molecule has 0 bridgehead atoms. The van der Waals surface area contributed by atoms with Crippen molar-refractivity contribution in [3.63, 3.8) is 0 Å². The molecule has 0 saturated carbocycles. The largest absolute Gasteiger partial charge is 0.377 e. The molecule has 0 spiro atoms. The number of hydrogen-bond donors (Lipinski definition) is 0. The highest BCUT2D eigenvalue weighted by Gasteiger charge is 2.28. The van der Waals surface area contributed by atoms with Crippen molar-refractivity contribution < 1.29 is 13.2 Å². The normalized spacial score (nSPS) is 22.1. The first-order valence-corrected chi connectivity index (χ1v) is 8.67. The summed E-state index contributed by atoms with van der Waals surface area (Å²) >= 11 is 5.82. The smallest absolute Gasteiger partial charge is 0.159 e. The monoisotopic (exact) mass is 302 g/mol. The minimum atomic E-state index is -3.19. The summed E-state index contributed by atoms with van der Waals surface area (Å²) < 4.78 is 30.3. The lowest BCUT2D eigenvalue weighted by molar-refractivity contribution is 0.0304. The third kappa shape index (κ3) is 3.94. The number of sulfone groups is 1. The summed E-state index contributed by atoms with van der Waals surface area (Å²) in [6.07, 6.45) is 2.78. The topological polar surface area (TPSA) is 43.4 Å². The first-order chi connectivity index (χ1) is 8.99. The molecule has 5 heteroatoms. The molecule has 3 nitrogen and oxygen atoms in total. The summed E-state index contributed by atoms with van der Waals surface area (Å²) in [6, 6.07) is 6.98. The van der Waals surface area contributed by atoms with E-state index in [0.29, 0.717) is 11.6 Å². The maximum Gasteiger partial charge on any atom is 0.159 e. The van der Waals surface area contributed by atoms with Gasteiger partial charge in [-0.05, 0) is 43.9 Å². The number of ether oxygens (including phenoxy) is 1. The molecule has 1 saturated heterocycles. The Balaban J connectivity index is 2.07. The second-order valence-electron chi connectivity index (χ2n) is 5.01. The lowest BCUT2D eigenvalue weighted by atomic mass is 10.1.